The van der Waals surface area contributed by atoms with Crippen LogP contribution in [0.4, 0.5) is 0 Å². The van der Waals surface area contributed by atoms with E-state index in [2.05, 4.69) is 33.9 Å². The minimum absolute atomic E-state index is 0.582. The highest BCUT2D eigenvalue weighted by Gasteiger charge is 2.50. The Morgan fingerprint density at radius 2 is 1.86 bits per heavy atom. The molecule has 22 heavy (non-hydrogen) atoms. The van der Waals surface area contributed by atoms with E-state index in [0.717, 1.165) is 36.7 Å². The van der Waals surface area contributed by atoms with Gasteiger partial charge in [0.2, 0.25) is 0 Å². The standard InChI is InChI=1S/C18H30N4/c1-3-22-12-20-21-17(22)11-19-13(2)7-18-8-14-4-15(9-18)6-16(5-14)10-18/h12-16,19H,3-11H2,1-2H3/t13-,14?,15?,16?,18?/m0/s1. The van der Waals surface area contributed by atoms with Crippen molar-refractivity contribution in [2.24, 2.45) is 23.2 Å². The average Bonchev–Trinajstić information content (AvgIpc) is 2.90. The Bertz CT molecular complexity index is 486. The summed E-state index contributed by atoms with van der Waals surface area (Å²) in [5.41, 5.74) is 0.666. The lowest BCUT2D eigenvalue weighted by atomic mass is 9.48. The van der Waals surface area contributed by atoms with Gasteiger partial charge < -0.3 is 9.88 Å². The van der Waals surface area contributed by atoms with E-state index < -0.39 is 0 Å². The molecule has 0 amide bonds. The molecule has 4 heteroatoms. The molecule has 0 aliphatic heterocycles. The minimum Gasteiger partial charge on any atom is -0.317 e. The van der Waals surface area contributed by atoms with Crippen molar-refractivity contribution in [2.75, 3.05) is 0 Å². The van der Waals surface area contributed by atoms with Crippen LogP contribution in [0, 0.1) is 23.2 Å². The van der Waals surface area contributed by atoms with Gasteiger partial charge in [0, 0.05) is 12.6 Å². The third-order valence-corrected chi connectivity index (χ3v) is 6.55. The van der Waals surface area contributed by atoms with E-state index in [1.807, 2.05) is 6.33 Å². The zero-order valence-corrected chi connectivity index (χ0v) is 14.1. The monoisotopic (exact) mass is 302 g/mol. The van der Waals surface area contributed by atoms with Gasteiger partial charge in [0.05, 0.1) is 6.54 Å². The molecule has 1 aromatic rings. The highest BCUT2D eigenvalue weighted by Crippen LogP contribution is 2.61. The lowest BCUT2D eigenvalue weighted by Crippen LogP contribution is -2.48. The maximum atomic E-state index is 4.24. The fraction of sp³-hybridized carbons (Fsp3) is 0.889. The molecule has 0 aromatic carbocycles. The number of rotatable bonds is 6. The molecule has 0 saturated heterocycles. The Kier molecular flexibility index (Phi) is 3.75. The zero-order valence-electron chi connectivity index (χ0n) is 14.1. The lowest BCUT2D eigenvalue weighted by Gasteiger charge is -2.57. The van der Waals surface area contributed by atoms with Gasteiger partial charge in [-0.3, -0.25) is 0 Å². The Labute approximate surface area is 134 Å². The number of hydrogen-bond acceptors (Lipinski definition) is 3. The van der Waals surface area contributed by atoms with Gasteiger partial charge in [0.25, 0.3) is 0 Å². The van der Waals surface area contributed by atoms with Crippen molar-refractivity contribution in [1.82, 2.24) is 20.1 Å². The van der Waals surface area contributed by atoms with Crippen LogP contribution in [0.15, 0.2) is 6.33 Å². The molecular weight excluding hydrogens is 272 g/mol. The first-order valence-corrected chi connectivity index (χ1v) is 9.26. The van der Waals surface area contributed by atoms with Crippen molar-refractivity contribution in [3.63, 3.8) is 0 Å². The summed E-state index contributed by atoms with van der Waals surface area (Å²) in [6, 6.07) is 0.582. The van der Waals surface area contributed by atoms with Crippen molar-refractivity contribution in [3.8, 4) is 0 Å². The summed E-state index contributed by atoms with van der Waals surface area (Å²) < 4.78 is 2.13. The van der Waals surface area contributed by atoms with Crippen molar-refractivity contribution >= 4 is 0 Å². The molecule has 4 bridgehead atoms. The van der Waals surface area contributed by atoms with Crippen LogP contribution in [0.2, 0.25) is 0 Å². The van der Waals surface area contributed by atoms with E-state index in [1.165, 1.54) is 25.7 Å². The van der Waals surface area contributed by atoms with Crippen LogP contribution in [-0.2, 0) is 13.1 Å². The van der Waals surface area contributed by atoms with Gasteiger partial charge in [-0.1, -0.05) is 0 Å². The largest absolute Gasteiger partial charge is 0.317 e. The van der Waals surface area contributed by atoms with E-state index >= 15 is 0 Å². The minimum atomic E-state index is 0.582. The maximum absolute atomic E-state index is 4.24. The predicted molar refractivity (Wildman–Crippen MR) is 87.2 cm³/mol. The Balaban J connectivity index is 1.35. The molecule has 1 N–H and O–H groups in total. The van der Waals surface area contributed by atoms with Gasteiger partial charge in [-0.2, -0.15) is 0 Å². The van der Waals surface area contributed by atoms with Gasteiger partial charge in [0.15, 0.2) is 0 Å². The number of aromatic nitrogens is 3. The molecule has 4 nitrogen and oxygen atoms in total. The Hall–Kier alpha value is -0.900. The number of nitrogens with zero attached hydrogens (tertiary/aromatic N) is 3. The summed E-state index contributed by atoms with van der Waals surface area (Å²) in [7, 11) is 0. The first-order valence-electron chi connectivity index (χ1n) is 9.26. The molecule has 122 valence electrons. The van der Waals surface area contributed by atoms with Crippen molar-refractivity contribution < 1.29 is 0 Å². The van der Waals surface area contributed by atoms with Gasteiger partial charge in [-0.25, -0.2) is 0 Å². The molecule has 1 heterocycles. The van der Waals surface area contributed by atoms with Crippen molar-refractivity contribution in [1.29, 1.82) is 0 Å². The molecule has 0 unspecified atom stereocenters. The molecule has 1 atom stereocenters. The number of aryl methyl sites for hydroxylation is 1. The van der Waals surface area contributed by atoms with Gasteiger partial charge >= 0.3 is 0 Å². The third kappa shape index (κ3) is 2.70. The topological polar surface area (TPSA) is 42.7 Å². The van der Waals surface area contributed by atoms with Crippen LogP contribution in [0.3, 0.4) is 0 Å². The molecule has 0 spiro atoms. The second-order valence-electron chi connectivity index (χ2n) is 8.44. The predicted octanol–water partition coefficient (Wildman–Crippen LogP) is 3.38. The molecule has 4 saturated carbocycles. The number of hydrogen-bond donors (Lipinski definition) is 1. The first kappa shape index (κ1) is 14.7. The molecule has 0 radical (unpaired) electrons. The summed E-state index contributed by atoms with van der Waals surface area (Å²) in [6.45, 7) is 6.31. The SMILES string of the molecule is CCn1cnnc1CN[C@@H](C)CC12CC3CC(CC(C3)C1)C2. The quantitative estimate of drug-likeness (QED) is 0.876. The Morgan fingerprint density at radius 3 is 2.45 bits per heavy atom. The van der Waals surface area contributed by atoms with Crippen LogP contribution >= 0.6 is 0 Å². The highest BCUT2D eigenvalue weighted by atomic mass is 15.3. The smallest absolute Gasteiger partial charge is 0.146 e. The van der Waals surface area contributed by atoms with Crippen molar-refractivity contribution in [3.05, 3.63) is 12.2 Å². The molecule has 4 aliphatic rings. The fourth-order valence-electron chi connectivity index (χ4n) is 6.21. The van der Waals surface area contributed by atoms with E-state index in [0.29, 0.717) is 11.5 Å². The summed E-state index contributed by atoms with van der Waals surface area (Å²) in [4.78, 5) is 0. The van der Waals surface area contributed by atoms with Gasteiger partial charge in [-0.15, -0.1) is 10.2 Å². The van der Waals surface area contributed by atoms with E-state index in [9.17, 15) is 0 Å². The van der Waals surface area contributed by atoms with Crippen LogP contribution < -0.4 is 5.32 Å². The maximum Gasteiger partial charge on any atom is 0.146 e. The highest BCUT2D eigenvalue weighted by molar-refractivity contribution is 5.02. The fourth-order valence-corrected chi connectivity index (χ4v) is 6.21. The zero-order chi connectivity index (χ0) is 15.2. The van der Waals surface area contributed by atoms with Gasteiger partial charge in [0.1, 0.15) is 12.2 Å². The second-order valence-corrected chi connectivity index (χ2v) is 8.44. The molecule has 4 fully saturated rings. The average molecular weight is 302 g/mol. The van der Waals surface area contributed by atoms with E-state index in [1.54, 1.807) is 19.3 Å². The summed E-state index contributed by atoms with van der Waals surface area (Å²) in [6.07, 6.45) is 12.3. The van der Waals surface area contributed by atoms with Crippen molar-refractivity contribution in [2.45, 2.75) is 77.9 Å². The summed E-state index contributed by atoms with van der Waals surface area (Å²) in [5.74, 6) is 4.24. The Morgan fingerprint density at radius 1 is 1.23 bits per heavy atom. The third-order valence-electron chi connectivity index (χ3n) is 6.55. The normalized spacial score (nSPS) is 37.6. The first-order chi connectivity index (χ1) is 10.7. The van der Waals surface area contributed by atoms with Crippen LogP contribution in [0.5, 0.6) is 0 Å². The van der Waals surface area contributed by atoms with Crippen LogP contribution in [0.1, 0.15) is 64.6 Å². The van der Waals surface area contributed by atoms with E-state index in [4.69, 9.17) is 0 Å². The van der Waals surface area contributed by atoms with Gasteiger partial charge in [-0.05, 0) is 82.0 Å². The van der Waals surface area contributed by atoms with Crippen LogP contribution in [-0.4, -0.2) is 20.8 Å². The molecule has 4 aliphatic carbocycles. The summed E-state index contributed by atoms with van der Waals surface area (Å²) in [5, 5.41) is 12.0. The second kappa shape index (κ2) is 5.63. The summed E-state index contributed by atoms with van der Waals surface area (Å²) >= 11 is 0. The molecular formula is C18H30N4. The molecule has 1 aromatic heterocycles. The van der Waals surface area contributed by atoms with E-state index in [-0.39, 0.29) is 0 Å². The molecule has 5 rings (SSSR count). The van der Waals surface area contributed by atoms with Crippen LogP contribution in [0.25, 0.3) is 0 Å². The number of nitrogens with one attached hydrogen (secondary N) is 1. The lowest BCUT2D eigenvalue weighted by molar-refractivity contribution is -0.0612.